The van der Waals surface area contributed by atoms with E-state index in [0.29, 0.717) is 28.8 Å². The molecule has 0 amide bonds. The predicted molar refractivity (Wildman–Crippen MR) is 62.6 cm³/mol. The monoisotopic (exact) mass is 275 g/mol. The summed E-state index contributed by atoms with van der Waals surface area (Å²) in [5, 5.41) is 0. The molecule has 0 saturated carbocycles. The number of methoxy groups -OCH3 is 1. The number of benzene rings is 1. The zero-order valence-corrected chi connectivity index (χ0v) is 10.3. The van der Waals surface area contributed by atoms with Gasteiger partial charge in [0.2, 0.25) is 0 Å². The van der Waals surface area contributed by atoms with Gasteiger partial charge in [-0.2, -0.15) is 0 Å². The van der Waals surface area contributed by atoms with Gasteiger partial charge in [-0.15, -0.1) is 0 Å². The highest BCUT2D eigenvalue weighted by atomic mass is 79.9. The van der Waals surface area contributed by atoms with Crippen LogP contribution in [0.4, 0.5) is 4.39 Å². The van der Waals surface area contributed by atoms with E-state index >= 15 is 0 Å². The SMILES string of the molecule is COc1cc(Br)c(F)c(CCCCN)c1. The number of halogens is 2. The van der Waals surface area contributed by atoms with Crippen LogP contribution in [-0.2, 0) is 6.42 Å². The lowest BCUT2D eigenvalue weighted by Gasteiger charge is -2.07. The molecule has 2 N–H and O–H groups in total. The number of hydrogen-bond acceptors (Lipinski definition) is 2. The molecule has 0 aliphatic rings. The molecular weight excluding hydrogens is 261 g/mol. The van der Waals surface area contributed by atoms with Gasteiger partial charge in [-0.25, -0.2) is 4.39 Å². The van der Waals surface area contributed by atoms with Gasteiger partial charge in [0.15, 0.2) is 0 Å². The third kappa shape index (κ3) is 3.47. The van der Waals surface area contributed by atoms with E-state index in [1.54, 1.807) is 19.2 Å². The van der Waals surface area contributed by atoms with Gasteiger partial charge >= 0.3 is 0 Å². The second-order valence-electron chi connectivity index (χ2n) is 3.33. The van der Waals surface area contributed by atoms with Crippen molar-refractivity contribution in [3.63, 3.8) is 0 Å². The molecule has 1 rings (SSSR count). The summed E-state index contributed by atoms with van der Waals surface area (Å²) in [7, 11) is 1.57. The number of hydrogen-bond donors (Lipinski definition) is 1. The summed E-state index contributed by atoms with van der Waals surface area (Å²) in [5.74, 6) is 0.471. The standard InChI is InChI=1S/C11H15BrFNO/c1-15-9-6-8(4-2-3-5-14)11(13)10(12)7-9/h6-7H,2-5,14H2,1H3. The van der Waals surface area contributed by atoms with E-state index in [0.717, 1.165) is 12.8 Å². The first-order valence-corrected chi connectivity index (χ1v) is 5.70. The van der Waals surface area contributed by atoms with Gasteiger partial charge in [-0.05, 0) is 59.4 Å². The van der Waals surface area contributed by atoms with Gasteiger partial charge < -0.3 is 10.5 Å². The second kappa shape index (κ2) is 6.08. The fourth-order valence-electron chi connectivity index (χ4n) is 1.38. The predicted octanol–water partition coefficient (Wildman–Crippen LogP) is 2.88. The van der Waals surface area contributed by atoms with E-state index in [9.17, 15) is 4.39 Å². The molecule has 0 saturated heterocycles. The minimum atomic E-state index is -0.201. The molecule has 1 aromatic rings. The summed E-state index contributed by atoms with van der Waals surface area (Å²) in [6.07, 6.45) is 2.50. The van der Waals surface area contributed by atoms with Crippen LogP contribution >= 0.6 is 15.9 Å². The Bertz CT molecular complexity index is 331. The molecule has 2 nitrogen and oxygen atoms in total. The molecule has 0 aliphatic carbocycles. The maximum Gasteiger partial charge on any atom is 0.140 e. The Morgan fingerprint density at radius 3 is 2.73 bits per heavy atom. The molecule has 4 heteroatoms. The zero-order chi connectivity index (χ0) is 11.3. The van der Waals surface area contributed by atoms with Gasteiger partial charge in [-0.1, -0.05) is 0 Å². The lowest BCUT2D eigenvalue weighted by molar-refractivity contribution is 0.412. The first-order valence-electron chi connectivity index (χ1n) is 4.91. The van der Waals surface area contributed by atoms with E-state index in [2.05, 4.69) is 15.9 Å². The summed E-state index contributed by atoms with van der Waals surface area (Å²) < 4.78 is 19.1. The molecule has 0 aromatic heterocycles. The molecule has 0 atom stereocenters. The smallest absolute Gasteiger partial charge is 0.140 e. The van der Waals surface area contributed by atoms with Crippen LogP contribution in [0, 0.1) is 5.82 Å². The topological polar surface area (TPSA) is 35.2 Å². The summed E-state index contributed by atoms with van der Waals surface area (Å²) in [6, 6.07) is 3.36. The van der Waals surface area contributed by atoms with Gasteiger partial charge in [0.05, 0.1) is 11.6 Å². The maximum absolute atomic E-state index is 13.6. The van der Waals surface area contributed by atoms with Crippen LogP contribution in [0.3, 0.4) is 0 Å². The Morgan fingerprint density at radius 1 is 1.40 bits per heavy atom. The van der Waals surface area contributed by atoms with Crippen molar-refractivity contribution in [3.05, 3.63) is 28.0 Å². The minimum Gasteiger partial charge on any atom is -0.497 e. The fourth-order valence-corrected chi connectivity index (χ4v) is 1.86. The molecular formula is C11H15BrFNO. The van der Waals surface area contributed by atoms with Crippen LogP contribution in [0.15, 0.2) is 16.6 Å². The third-order valence-electron chi connectivity index (χ3n) is 2.21. The lowest BCUT2D eigenvalue weighted by Crippen LogP contribution is -2.00. The Hall–Kier alpha value is -0.610. The van der Waals surface area contributed by atoms with E-state index < -0.39 is 0 Å². The molecule has 15 heavy (non-hydrogen) atoms. The summed E-state index contributed by atoms with van der Waals surface area (Å²) in [5.41, 5.74) is 6.06. The molecule has 0 bridgehead atoms. The minimum absolute atomic E-state index is 0.201. The van der Waals surface area contributed by atoms with E-state index in [-0.39, 0.29) is 5.82 Å². The van der Waals surface area contributed by atoms with E-state index in [4.69, 9.17) is 10.5 Å². The number of aryl methyl sites for hydroxylation is 1. The van der Waals surface area contributed by atoms with Crippen molar-refractivity contribution in [1.82, 2.24) is 0 Å². The summed E-state index contributed by atoms with van der Waals surface area (Å²) in [4.78, 5) is 0. The summed E-state index contributed by atoms with van der Waals surface area (Å²) in [6.45, 7) is 0.646. The van der Waals surface area contributed by atoms with E-state index in [1.807, 2.05) is 0 Å². The molecule has 0 unspecified atom stereocenters. The number of unbranched alkanes of at least 4 members (excludes halogenated alkanes) is 1. The highest BCUT2D eigenvalue weighted by Gasteiger charge is 2.08. The molecule has 0 spiro atoms. The average molecular weight is 276 g/mol. The highest BCUT2D eigenvalue weighted by Crippen LogP contribution is 2.26. The van der Waals surface area contributed by atoms with Crippen LogP contribution in [0.25, 0.3) is 0 Å². The Balaban J connectivity index is 2.80. The molecule has 1 aromatic carbocycles. The first-order chi connectivity index (χ1) is 7.19. The van der Waals surface area contributed by atoms with Gasteiger partial charge in [-0.3, -0.25) is 0 Å². The fraction of sp³-hybridized carbons (Fsp3) is 0.455. The Kier molecular flexibility index (Phi) is 5.05. The molecule has 0 fully saturated rings. The number of rotatable bonds is 5. The van der Waals surface area contributed by atoms with Crippen molar-refractivity contribution in [2.45, 2.75) is 19.3 Å². The summed E-state index contributed by atoms with van der Waals surface area (Å²) >= 11 is 3.17. The van der Waals surface area contributed by atoms with Crippen molar-refractivity contribution in [2.75, 3.05) is 13.7 Å². The Labute approximate surface area is 97.7 Å². The van der Waals surface area contributed by atoms with Crippen LogP contribution in [0.1, 0.15) is 18.4 Å². The number of ether oxygens (including phenoxy) is 1. The van der Waals surface area contributed by atoms with Crippen molar-refractivity contribution >= 4 is 15.9 Å². The van der Waals surface area contributed by atoms with Gasteiger partial charge in [0, 0.05) is 0 Å². The average Bonchev–Trinajstić information content (AvgIpc) is 2.24. The maximum atomic E-state index is 13.6. The zero-order valence-electron chi connectivity index (χ0n) is 8.72. The largest absolute Gasteiger partial charge is 0.497 e. The third-order valence-corrected chi connectivity index (χ3v) is 2.79. The first kappa shape index (κ1) is 12.5. The van der Waals surface area contributed by atoms with Gasteiger partial charge in [0.1, 0.15) is 11.6 Å². The van der Waals surface area contributed by atoms with Crippen molar-refractivity contribution in [3.8, 4) is 5.75 Å². The second-order valence-corrected chi connectivity index (χ2v) is 4.18. The number of nitrogens with two attached hydrogens (primary N) is 1. The van der Waals surface area contributed by atoms with E-state index in [1.165, 1.54) is 0 Å². The molecule has 0 aliphatic heterocycles. The van der Waals surface area contributed by atoms with Gasteiger partial charge in [0.25, 0.3) is 0 Å². The molecule has 84 valence electrons. The van der Waals surface area contributed by atoms with Crippen LogP contribution < -0.4 is 10.5 Å². The Morgan fingerprint density at radius 2 is 2.13 bits per heavy atom. The molecule has 0 heterocycles. The molecule has 0 radical (unpaired) electrons. The van der Waals surface area contributed by atoms with Crippen molar-refractivity contribution < 1.29 is 9.13 Å². The highest BCUT2D eigenvalue weighted by molar-refractivity contribution is 9.10. The quantitative estimate of drug-likeness (QED) is 0.839. The van der Waals surface area contributed by atoms with Crippen molar-refractivity contribution in [2.24, 2.45) is 5.73 Å². The van der Waals surface area contributed by atoms with Crippen molar-refractivity contribution in [1.29, 1.82) is 0 Å². The van der Waals surface area contributed by atoms with Crippen LogP contribution in [-0.4, -0.2) is 13.7 Å². The van der Waals surface area contributed by atoms with Crippen LogP contribution in [0.2, 0.25) is 0 Å². The van der Waals surface area contributed by atoms with Crippen LogP contribution in [0.5, 0.6) is 5.75 Å². The lowest BCUT2D eigenvalue weighted by atomic mass is 10.1. The normalized spacial score (nSPS) is 10.4.